The van der Waals surface area contributed by atoms with E-state index < -0.39 is 5.41 Å². The van der Waals surface area contributed by atoms with Crippen LogP contribution in [0.2, 0.25) is 0 Å². The van der Waals surface area contributed by atoms with Gasteiger partial charge in [0, 0.05) is 11.1 Å². The molecule has 0 heterocycles. The van der Waals surface area contributed by atoms with E-state index in [0.29, 0.717) is 29.7 Å². The van der Waals surface area contributed by atoms with Crippen LogP contribution in [0.3, 0.4) is 0 Å². The molecule has 0 unspecified atom stereocenters. The van der Waals surface area contributed by atoms with E-state index in [2.05, 4.69) is 0 Å². The van der Waals surface area contributed by atoms with Crippen LogP contribution in [0.15, 0.2) is 78.9 Å². The fourth-order valence-corrected chi connectivity index (χ4v) is 3.87. The predicted octanol–water partition coefficient (Wildman–Crippen LogP) is 4.65. The zero-order valence-corrected chi connectivity index (χ0v) is 15.1. The highest BCUT2D eigenvalue weighted by Crippen LogP contribution is 2.42. The molecule has 134 valence electrons. The standard InChI is InChI=1S/C24H20O3/c1-2-27-19-14-12-18(13-15-19)24(16-17-8-4-3-5-9-17)22(25)20-10-6-7-11-21(20)23(24)26/h3-15H,2,16H2,1H3. The fourth-order valence-electron chi connectivity index (χ4n) is 3.87. The normalized spacial score (nSPS) is 14.9. The summed E-state index contributed by atoms with van der Waals surface area (Å²) in [4.78, 5) is 27.0. The van der Waals surface area contributed by atoms with Crippen LogP contribution in [-0.2, 0) is 11.8 Å². The summed E-state index contributed by atoms with van der Waals surface area (Å²) in [5, 5.41) is 0. The molecule has 1 aliphatic carbocycles. The molecule has 0 aliphatic heterocycles. The molecule has 0 spiro atoms. The van der Waals surface area contributed by atoms with Crippen molar-refractivity contribution in [2.45, 2.75) is 18.8 Å². The molecule has 0 N–H and O–H groups in total. The van der Waals surface area contributed by atoms with Crippen molar-refractivity contribution in [1.82, 2.24) is 0 Å². The van der Waals surface area contributed by atoms with Crippen LogP contribution in [0.4, 0.5) is 0 Å². The average molecular weight is 356 g/mol. The maximum absolute atomic E-state index is 13.5. The van der Waals surface area contributed by atoms with Crippen molar-refractivity contribution in [1.29, 1.82) is 0 Å². The Labute approximate surface area is 158 Å². The van der Waals surface area contributed by atoms with Gasteiger partial charge in [0.25, 0.3) is 0 Å². The summed E-state index contributed by atoms with van der Waals surface area (Å²) in [6.07, 6.45) is 0.341. The first-order valence-corrected chi connectivity index (χ1v) is 9.12. The highest BCUT2D eigenvalue weighted by atomic mass is 16.5. The van der Waals surface area contributed by atoms with Gasteiger partial charge in [-0.1, -0.05) is 66.7 Å². The van der Waals surface area contributed by atoms with Gasteiger partial charge >= 0.3 is 0 Å². The minimum Gasteiger partial charge on any atom is -0.494 e. The monoisotopic (exact) mass is 356 g/mol. The number of hydrogen-bond acceptors (Lipinski definition) is 3. The van der Waals surface area contributed by atoms with Crippen molar-refractivity contribution in [2.24, 2.45) is 0 Å². The number of benzene rings is 3. The number of ether oxygens (including phenoxy) is 1. The largest absolute Gasteiger partial charge is 0.494 e. The highest BCUT2D eigenvalue weighted by molar-refractivity contribution is 6.33. The maximum Gasteiger partial charge on any atom is 0.182 e. The molecular weight excluding hydrogens is 336 g/mol. The van der Waals surface area contributed by atoms with Gasteiger partial charge in [0.1, 0.15) is 11.2 Å². The van der Waals surface area contributed by atoms with Gasteiger partial charge in [-0.05, 0) is 36.6 Å². The van der Waals surface area contributed by atoms with E-state index in [1.807, 2.05) is 61.5 Å². The molecule has 0 amide bonds. The summed E-state index contributed by atoms with van der Waals surface area (Å²) < 4.78 is 5.52. The minimum atomic E-state index is -1.23. The first-order valence-electron chi connectivity index (χ1n) is 9.12. The van der Waals surface area contributed by atoms with E-state index in [-0.39, 0.29) is 11.6 Å². The molecule has 0 radical (unpaired) electrons. The number of hydrogen-bond donors (Lipinski definition) is 0. The van der Waals surface area contributed by atoms with Crippen LogP contribution in [0.1, 0.15) is 38.8 Å². The number of ketones is 2. The van der Waals surface area contributed by atoms with Crippen molar-refractivity contribution >= 4 is 11.6 Å². The zero-order chi connectivity index (χ0) is 18.9. The minimum absolute atomic E-state index is 0.129. The maximum atomic E-state index is 13.5. The lowest BCUT2D eigenvalue weighted by molar-refractivity contribution is 0.0793. The lowest BCUT2D eigenvalue weighted by Gasteiger charge is -2.27. The Balaban J connectivity index is 1.87. The van der Waals surface area contributed by atoms with Crippen molar-refractivity contribution in [3.63, 3.8) is 0 Å². The molecule has 0 aromatic heterocycles. The Morgan fingerprint density at radius 3 is 1.85 bits per heavy atom. The van der Waals surface area contributed by atoms with Crippen LogP contribution < -0.4 is 4.74 Å². The van der Waals surface area contributed by atoms with Gasteiger partial charge in [0.15, 0.2) is 11.6 Å². The molecule has 0 bridgehead atoms. The SMILES string of the molecule is CCOc1ccc(C2(Cc3ccccc3)C(=O)c3ccccc3C2=O)cc1. The first-order chi connectivity index (χ1) is 13.2. The van der Waals surface area contributed by atoms with Gasteiger partial charge in [-0.2, -0.15) is 0 Å². The topological polar surface area (TPSA) is 43.4 Å². The van der Waals surface area contributed by atoms with Crippen LogP contribution in [-0.4, -0.2) is 18.2 Å². The molecule has 1 aliphatic rings. The molecule has 3 nitrogen and oxygen atoms in total. The Bertz CT molecular complexity index is 953. The average Bonchev–Trinajstić information content (AvgIpc) is 2.93. The van der Waals surface area contributed by atoms with Gasteiger partial charge in [0.2, 0.25) is 0 Å². The Hall–Kier alpha value is -3.20. The first kappa shape index (κ1) is 17.2. The number of Topliss-reactive ketones (excluding diaryl/α,β-unsaturated/α-hetero) is 2. The smallest absolute Gasteiger partial charge is 0.182 e. The molecule has 27 heavy (non-hydrogen) atoms. The van der Waals surface area contributed by atoms with E-state index in [0.717, 1.165) is 11.3 Å². The molecular formula is C24H20O3. The molecule has 3 aromatic rings. The van der Waals surface area contributed by atoms with Gasteiger partial charge in [-0.3, -0.25) is 9.59 Å². The fraction of sp³-hybridized carbons (Fsp3) is 0.167. The second-order valence-electron chi connectivity index (χ2n) is 6.73. The van der Waals surface area contributed by atoms with E-state index in [4.69, 9.17) is 4.74 Å². The van der Waals surface area contributed by atoms with E-state index in [9.17, 15) is 9.59 Å². The summed E-state index contributed by atoms with van der Waals surface area (Å²) in [6.45, 7) is 2.49. The Kier molecular flexibility index (Phi) is 4.36. The third-order valence-electron chi connectivity index (χ3n) is 5.16. The second-order valence-corrected chi connectivity index (χ2v) is 6.73. The Morgan fingerprint density at radius 1 is 0.741 bits per heavy atom. The van der Waals surface area contributed by atoms with Gasteiger partial charge in [0.05, 0.1) is 6.61 Å². The summed E-state index contributed by atoms with van der Waals surface area (Å²) in [5.74, 6) is 0.471. The Morgan fingerprint density at radius 2 is 1.30 bits per heavy atom. The van der Waals surface area contributed by atoms with Gasteiger partial charge in [-0.25, -0.2) is 0 Å². The molecule has 0 saturated carbocycles. The lowest BCUT2D eigenvalue weighted by atomic mass is 9.71. The zero-order valence-electron chi connectivity index (χ0n) is 15.1. The molecule has 0 atom stereocenters. The second kappa shape index (κ2) is 6.84. The number of fused-ring (bicyclic) bond motifs is 1. The summed E-state index contributed by atoms with van der Waals surface area (Å²) in [7, 11) is 0. The number of carbonyl (C=O) groups is 2. The van der Waals surface area contributed by atoms with Crippen LogP contribution in [0, 0.1) is 0 Å². The van der Waals surface area contributed by atoms with E-state index >= 15 is 0 Å². The highest BCUT2D eigenvalue weighted by Gasteiger charge is 2.53. The van der Waals surface area contributed by atoms with Crippen LogP contribution in [0.5, 0.6) is 5.75 Å². The van der Waals surface area contributed by atoms with Crippen LogP contribution >= 0.6 is 0 Å². The molecule has 4 rings (SSSR count). The van der Waals surface area contributed by atoms with Crippen molar-refractivity contribution < 1.29 is 14.3 Å². The third kappa shape index (κ3) is 2.76. The van der Waals surface area contributed by atoms with E-state index in [1.54, 1.807) is 24.3 Å². The molecule has 3 aromatic carbocycles. The summed E-state index contributed by atoms with van der Waals surface area (Å²) in [6, 6.07) is 24.2. The van der Waals surface area contributed by atoms with Gasteiger partial charge < -0.3 is 4.74 Å². The van der Waals surface area contributed by atoms with E-state index in [1.165, 1.54) is 0 Å². The predicted molar refractivity (Wildman–Crippen MR) is 105 cm³/mol. The summed E-state index contributed by atoms with van der Waals surface area (Å²) in [5.41, 5.74) is 1.46. The molecule has 3 heteroatoms. The molecule has 0 saturated heterocycles. The summed E-state index contributed by atoms with van der Waals surface area (Å²) >= 11 is 0. The number of rotatable bonds is 5. The van der Waals surface area contributed by atoms with Crippen LogP contribution in [0.25, 0.3) is 0 Å². The third-order valence-corrected chi connectivity index (χ3v) is 5.16. The van der Waals surface area contributed by atoms with Crippen molar-refractivity contribution in [2.75, 3.05) is 6.61 Å². The number of carbonyl (C=O) groups excluding carboxylic acids is 2. The van der Waals surface area contributed by atoms with Crippen molar-refractivity contribution in [3.8, 4) is 5.75 Å². The van der Waals surface area contributed by atoms with Crippen molar-refractivity contribution in [3.05, 3.63) is 101 Å². The molecule has 0 fully saturated rings. The lowest BCUT2D eigenvalue weighted by Crippen LogP contribution is -2.40. The van der Waals surface area contributed by atoms with Gasteiger partial charge in [-0.15, -0.1) is 0 Å². The quantitative estimate of drug-likeness (QED) is 0.625.